The van der Waals surface area contributed by atoms with Crippen LogP contribution in [0.1, 0.15) is 85.5 Å². The number of hydrogen-bond donors (Lipinski definition) is 3. The van der Waals surface area contributed by atoms with Gasteiger partial charge >= 0.3 is 0 Å². The molecule has 1 saturated carbocycles. The van der Waals surface area contributed by atoms with E-state index >= 15 is 0 Å². The highest BCUT2D eigenvalue weighted by molar-refractivity contribution is 8.02. The number of carbonyl (C=O) groups is 3. The van der Waals surface area contributed by atoms with Crippen LogP contribution in [0.25, 0.3) is 0 Å². The second-order valence-corrected chi connectivity index (χ2v) is 13.1. The Bertz CT molecular complexity index is 803. The van der Waals surface area contributed by atoms with Gasteiger partial charge < -0.3 is 20.6 Å². The molecule has 7 nitrogen and oxygen atoms in total. The summed E-state index contributed by atoms with van der Waals surface area (Å²) >= 11 is 1.71. The molecule has 1 aliphatic carbocycles. The van der Waals surface area contributed by atoms with Crippen molar-refractivity contribution in [1.29, 1.82) is 0 Å². The Balaban J connectivity index is 1.73. The Morgan fingerprint density at radius 1 is 1.18 bits per heavy atom. The van der Waals surface area contributed by atoms with Crippen LogP contribution in [0.5, 0.6) is 0 Å². The van der Waals surface area contributed by atoms with Crippen LogP contribution in [0.2, 0.25) is 0 Å². The average molecular weight is 494 g/mol. The van der Waals surface area contributed by atoms with E-state index in [2.05, 4.69) is 17.6 Å². The number of nitrogens with zero attached hydrogens (tertiary/aromatic N) is 1. The first kappa shape index (κ1) is 25.8. The Hall–Kier alpha value is -1.28. The summed E-state index contributed by atoms with van der Waals surface area (Å²) < 4.78 is -0.960. The molecule has 3 N–H and O–H groups in total. The predicted octanol–water partition coefficient (Wildman–Crippen LogP) is 2.85. The number of aliphatic hydroxyl groups is 1. The summed E-state index contributed by atoms with van der Waals surface area (Å²) in [5.74, 6) is -1.18. The molecule has 1 spiro atoms. The highest BCUT2D eigenvalue weighted by Gasteiger charge is 2.77. The standard InChI is InChI=1S/C26H43N3O4S/c1-5-14-27-22(31)19-20-24(33)29(18(15-30)16(3)6-2)21(26(20)13-12-25(19,4)34-26)23(32)28-17-10-8-7-9-11-17/h16-21,30H,5-15H2,1-4H3,(H,27,31)(H,28,32)/t16-,18-,19-,20-,21?,25+,26?/m0/s1. The lowest BCUT2D eigenvalue weighted by Crippen LogP contribution is -2.59. The fourth-order valence-corrected chi connectivity index (χ4v) is 9.46. The molecular formula is C26H43N3O4S. The SMILES string of the molecule is CCCNC(=O)[C@@H]1[C@H]2C(=O)N([C@@H](CO)[C@@H](C)CC)C(C(=O)NC3CCCCC3)C23CC[C@@]1(C)S3. The van der Waals surface area contributed by atoms with Crippen LogP contribution in [0.4, 0.5) is 0 Å². The first-order valence-electron chi connectivity index (χ1n) is 13.4. The van der Waals surface area contributed by atoms with Crippen LogP contribution in [0.3, 0.4) is 0 Å². The van der Waals surface area contributed by atoms with Gasteiger partial charge in [-0.05, 0) is 44.9 Å². The summed E-state index contributed by atoms with van der Waals surface area (Å²) in [6, 6.07) is -0.923. The molecule has 4 fully saturated rings. The van der Waals surface area contributed by atoms with Gasteiger partial charge in [0.05, 0.1) is 29.2 Å². The van der Waals surface area contributed by atoms with Crippen molar-refractivity contribution >= 4 is 29.5 Å². The maximum absolute atomic E-state index is 14.2. The number of aliphatic hydroxyl groups excluding tert-OH is 1. The summed E-state index contributed by atoms with van der Waals surface area (Å²) in [7, 11) is 0. The van der Waals surface area contributed by atoms with Gasteiger partial charge in [0.1, 0.15) is 6.04 Å². The minimum atomic E-state index is -0.645. The first-order valence-corrected chi connectivity index (χ1v) is 14.3. The monoisotopic (exact) mass is 493 g/mol. The number of thioether (sulfide) groups is 1. The third-order valence-corrected chi connectivity index (χ3v) is 11.1. The van der Waals surface area contributed by atoms with Crippen molar-refractivity contribution in [2.45, 2.75) is 113 Å². The van der Waals surface area contributed by atoms with Crippen LogP contribution in [0.15, 0.2) is 0 Å². The van der Waals surface area contributed by atoms with Crippen molar-refractivity contribution < 1.29 is 19.5 Å². The zero-order chi connectivity index (χ0) is 24.7. The normalized spacial score (nSPS) is 36.9. The smallest absolute Gasteiger partial charge is 0.244 e. The zero-order valence-corrected chi connectivity index (χ0v) is 22.1. The van der Waals surface area contributed by atoms with E-state index < -0.39 is 28.7 Å². The second kappa shape index (κ2) is 10.00. The van der Waals surface area contributed by atoms with E-state index in [-0.39, 0.29) is 41.0 Å². The van der Waals surface area contributed by atoms with Gasteiger partial charge in [0.25, 0.3) is 0 Å². The van der Waals surface area contributed by atoms with E-state index in [0.29, 0.717) is 6.54 Å². The minimum absolute atomic E-state index is 0.0549. The summed E-state index contributed by atoms with van der Waals surface area (Å²) in [4.78, 5) is 43.2. The van der Waals surface area contributed by atoms with Gasteiger partial charge in [-0.3, -0.25) is 14.4 Å². The predicted molar refractivity (Wildman–Crippen MR) is 134 cm³/mol. The molecule has 0 aromatic rings. The lowest BCUT2D eigenvalue weighted by Gasteiger charge is -2.40. The lowest BCUT2D eigenvalue weighted by molar-refractivity contribution is -0.144. The van der Waals surface area contributed by atoms with Crippen LogP contribution >= 0.6 is 11.8 Å². The fourth-order valence-electron chi connectivity index (χ4n) is 7.12. The Morgan fingerprint density at radius 3 is 2.50 bits per heavy atom. The quantitative estimate of drug-likeness (QED) is 0.459. The van der Waals surface area contributed by atoms with Gasteiger partial charge in [0.2, 0.25) is 17.7 Å². The topological polar surface area (TPSA) is 98.7 Å². The molecule has 4 rings (SSSR count). The fraction of sp³-hybridized carbons (Fsp3) is 0.885. The van der Waals surface area contributed by atoms with Crippen LogP contribution in [0, 0.1) is 17.8 Å². The van der Waals surface area contributed by atoms with Crippen molar-refractivity contribution in [1.82, 2.24) is 15.5 Å². The largest absolute Gasteiger partial charge is 0.394 e. The van der Waals surface area contributed by atoms with Crippen molar-refractivity contribution in [3.05, 3.63) is 0 Å². The van der Waals surface area contributed by atoms with Crippen molar-refractivity contribution in [2.24, 2.45) is 17.8 Å². The highest BCUT2D eigenvalue weighted by Crippen LogP contribution is 2.71. The molecule has 8 heteroatoms. The maximum atomic E-state index is 14.2. The molecule has 7 atom stereocenters. The Labute approximate surface area is 208 Å². The first-order chi connectivity index (χ1) is 16.2. The van der Waals surface area contributed by atoms with Crippen LogP contribution in [-0.2, 0) is 14.4 Å². The number of hydrogen-bond acceptors (Lipinski definition) is 5. The molecular weight excluding hydrogens is 450 g/mol. The molecule has 2 bridgehead atoms. The summed E-state index contributed by atoms with van der Waals surface area (Å²) in [6.07, 6.45) is 8.60. The minimum Gasteiger partial charge on any atom is -0.394 e. The van der Waals surface area contributed by atoms with E-state index in [4.69, 9.17) is 0 Å². The molecule has 3 aliphatic heterocycles. The molecule has 0 aromatic carbocycles. The maximum Gasteiger partial charge on any atom is 0.244 e. The summed E-state index contributed by atoms with van der Waals surface area (Å²) in [5, 5.41) is 16.7. The summed E-state index contributed by atoms with van der Waals surface area (Å²) in [5.41, 5.74) is 0. The number of carbonyl (C=O) groups excluding carboxylic acids is 3. The highest BCUT2D eigenvalue weighted by atomic mass is 32.2. The molecule has 192 valence electrons. The molecule has 0 aromatic heterocycles. The number of likely N-dealkylation sites (tertiary alicyclic amines) is 1. The molecule has 3 amide bonds. The molecule has 3 heterocycles. The second-order valence-electron chi connectivity index (χ2n) is 11.2. The van der Waals surface area contributed by atoms with Gasteiger partial charge in [0.15, 0.2) is 0 Å². The molecule has 3 saturated heterocycles. The third-order valence-electron chi connectivity index (χ3n) is 9.09. The average Bonchev–Trinajstić information content (AvgIpc) is 3.39. The van der Waals surface area contributed by atoms with Gasteiger partial charge in [0, 0.05) is 17.3 Å². The third kappa shape index (κ3) is 4.06. The van der Waals surface area contributed by atoms with E-state index in [0.717, 1.165) is 51.4 Å². The number of nitrogens with one attached hydrogen (secondary N) is 2. The van der Waals surface area contributed by atoms with Gasteiger partial charge in [-0.15, -0.1) is 11.8 Å². The van der Waals surface area contributed by atoms with Crippen LogP contribution < -0.4 is 10.6 Å². The van der Waals surface area contributed by atoms with Crippen molar-refractivity contribution in [3.8, 4) is 0 Å². The Morgan fingerprint density at radius 2 is 1.88 bits per heavy atom. The molecule has 4 aliphatic rings. The lowest BCUT2D eigenvalue weighted by atomic mass is 9.66. The number of amides is 3. The van der Waals surface area contributed by atoms with E-state index in [9.17, 15) is 19.5 Å². The molecule has 0 radical (unpaired) electrons. The van der Waals surface area contributed by atoms with Crippen molar-refractivity contribution in [3.63, 3.8) is 0 Å². The van der Waals surface area contributed by atoms with Gasteiger partial charge in [-0.25, -0.2) is 0 Å². The van der Waals surface area contributed by atoms with E-state index in [1.165, 1.54) is 6.42 Å². The number of rotatable bonds is 9. The van der Waals surface area contributed by atoms with E-state index in [1.54, 1.807) is 16.7 Å². The van der Waals surface area contributed by atoms with E-state index in [1.807, 2.05) is 20.8 Å². The number of fused-ring (bicyclic) bond motifs is 1. The van der Waals surface area contributed by atoms with Gasteiger partial charge in [-0.2, -0.15) is 0 Å². The molecule has 2 unspecified atom stereocenters. The Kier molecular flexibility index (Phi) is 7.59. The van der Waals surface area contributed by atoms with Crippen LogP contribution in [-0.4, -0.2) is 68.5 Å². The van der Waals surface area contributed by atoms with Gasteiger partial charge in [-0.1, -0.05) is 46.5 Å². The molecule has 34 heavy (non-hydrogen) atoms. The summed E-state index contributed by atoms with van der Waals surface area (Å²) in [6.45, 7) is 8.62. The zero-order valence-electron chi connectivity index (χ0n) is 21.3. The van der Waals surface area contributed by atoms with Crippen molar-refractivity contribution in [2.75, 3.05) is 13.2 Å².